The molecule has 0 unspecified atom stereocenters. The molecular weight excluding hydrogens is 484 g/mol. The molecule has 0 radical (unpaired) electrons. The summed E-state index contributed by atoms with van der Waals surface area (Å²) in [6.07, 6.45) is 2.46. The van der Waals surface area contributed by atoms with Crippen molar-refractivity contribution in [3.05, 3.63) is 118 Å². The quantitative estimate of drug-likeness (QED) is 0.181. The van der Waals surface area contributed by atoms with E-state index in [9.17, 15) is 14.7 Å². The molecule has 1 aliphatic rings. The van der Waals surface area contributed by atoms with Crippen molar-refractivity contribution in [3.8, 4) is 5.75 Å². The Morgan fingerprint density at radius 3 is 2.43 bits per heavy atom. The monoisotopic (exact) mass is 510 g/mol. The summed E-state index contributed by atoms with van der Waals surface area (Å²) in [5.41, 5.74) is 4.55. The van der Waals surface area contributed by atoms with Crippen LogP contribution in [0.4, 0.5) is 5.13 Å². The average Bonchev–Trinajstić information content (AvgIpc) is 3.54. The summed E-state index contributed by atoms with van der Waals surface area (Å²) in [4.78, 5) is 32.0. The molecule has 1 aromatic heterocycles. The van der Waals surface area contributed by atoms with Gasteiger partial charge in [-0.1, -0.05) is 61.0 Å². The topological polar surface area (TPSA) is 79.7 Å². The number of amides is 1. The second-order valence-corrected chi connectivity index (χ2v) is 9.75. The highest BCUT2D eigenvalue weighted by Crippen LogP contribution is 2.42. The van der Waals surface area contributed by atoms with Crippen LogP contribution in [0.2, 0.25) is 0 Å². The van der Waals surface area contributed by atoms with E-state index in [4.69, 9.17) is 4.74 Å². The molecule has 1 saturated heterocycles. The number of anilines is 1. The van der Waals surface area contributed by atoms with Crippen molar-refractivity contribution < 1.29 is 19.4 Å². The largest absolute Gasteiger partial charge is 0.507 e. The van der Waals surface area contributed by atoms with Crippen LogP contribution in [0, 0.1) is 6.92 Å². The van der Waals surface area contributed by atoms with Crippen LogP contribution in [-0.2, 0) is 22.6 Å². The van der Waals surface area contributed by atoms with Crippen LogP contribution in [0.25, 0.3) is 5.76 Å². The van der Waals surface area contributed by atoms with Crippen molar-refractivity contribution in [2.24, 2.45) is 0 Å². The first-order valence-electron chi connectivity index (χ1n) is 12.0. The molecule has 7 heteroatoms. The SMILES string of the molecule is CCc1ccc([C@@H]2/C(=C(\O)c3ccc(OCc4cccc(C)c4)cc3)C(=O)C(=O)N2c2nccs2)cc1. The fraction of sp³-hybridized carbons (Fsp3) is 0.167. The van der Waals surface area contributed by atoms with Crippen molar-refractivity contribution in [1.82, 2.24) is 4.98 Å². The molecule has 6 nitrogen and oxygen atoms in total. The highest BCUT2D eigenvalue weighted by molar-refractivity contribution is 7.14. The second-order valence-electron chi connectivity index (χ2n) is 8.88. The van der Waals surface area contributed by atoms with E-state index in [1.54, 1.807) is 35.8 Å². The Morgan fingerprint density at radius 1 is 1.03 bits per heavy atom. The summed E-state index contributed by atoms with van der Waals surface area (Å²) in [5.74, 6) is -1.04. The van der Waals surface area contributed by atoms with Gasteiger partial charge >= 0.3 is 5.91 Å². The zero-order valence-corrected chi connectivity index (χ0v) is 21.4. The second kappa shape index (κ2) is 10.4. The molecule has 4 aromatic rings. The summed E-state index contributed by atoms with van der Waals surface area (Å²) < 4.78 is 5.89. The lowest BCUT2D eigenvalue weighted by molar-refractivity contribution is -0.132. The Balaban J connectivity index is 1.49. The molecule has 0 saturated carbocycles. The third-order valence-corrected chi connectivity index (χ3v) is 7.16. The third kappa shape index (κ3) is 4.90. The number of ether oxygens (including phenoxy) is 1. The Bertz CT molecular complexity index is 1460. The lowest BCUT2D eigenvalue weighted by atomic mass is 9.94. The lowest BCUT2D eigenvalue weighted by Crippen LogP contribution is -2.29. The zero-order valence-electron chi connectivity index (χ0n) is 20.5. The summed E-state index contributed by atoms with van der Waals surface area (Å²) in [6.45, 7) is 4.51. The minimum Gasteiger partial charge on any atom is -0.507 e. The van der Waals surface area contributed by atoms with Crippen molar-refractivity contribution in [2.75, 3.05) is 4.90 Å². The first-order chi connectivity index (χ1) is 18.0. The van der Waals surface area contributed by atoms with Crippen LogP contribution in [-0.4, -0.2) is 21.8 Å². The van der Waals surface area contributed by atoms with Gasteiger partial charge in [0.1, 0.15) is 18.1 Å². The molecule has 1 atom stereocenters. The number of aromatic nitrogens is 1. The number of ketones is 1. The van der Waals surface area contributed by atoms with Gasteiger partial charge in [-0.25, -0.2) is 4.98 Å². The predicted octanol–water partition coefficient (Wildman–Crippen LogP) is 6.22. The van der Waals surface area contributed by atoms with Crippen LogP contribution >= 0.6 is 11.3 Å². The number of thiazole rings is 1. The Morgan fingerprint density at radius 2 is 1.78 bits per heavy atom. The fourth-order valence-electron chi connectivity index (χ4n) is 4.45. The number of carbonyl (C=O) groups excluding carboxylic acids is 2. The summed E-state index contributed by atoms with van der Waals surface area (Å²) >= 11 is 1.27. The van der Waals surface area contributed by atoms with Gasteiger partial charge in [-0.15, -0.1) is 11.3 Å². The molecule has 1 fully saturated rings. The van der Waals surface area contributed by atoms with Crippen LogP contribution in [0.5, 0.6) is 5.75 Å². The van der Waals surface area contributed by atoms with E-state index in [1.807, 2.05) is 49.4 Å². The van der Waals surface area contributed by atoms with E-state index in [0.717, 1.165) is 28.7 Å². The molecule has 1 aliphatic heterocycles. The van der Waals surface area contributed by atoms with Crippen LogP contribution in [0.15, 0.2) is 89.9 Å². The van der Waals surface area contributed by atoms with Crippen molar-refractivity contribution >= 4 is 33.9 Å². The van der Waals surface area contributed by atoms with Crippen molar-refractivity contribution in [1.29, 1.82) is 0 Å². The summed E-state index contributed by atoms with van der Waals surface area (Å²) in [5, 5.41) is 13.5. The highest BCUT2D eigenvalue weighted by Gasteiger charge is 2.47. The van der Waals surface area contributed by atoms with Gasteiger partial charge in [0.15, 0.2) is 5.13 Å². The standard InChI is InChI=1S/C30H26N2O4S/c1-3-20-7-9-22(10-8-20)26-25(28(34)29(35)32(26)30-31-15-16-37-30)27(33)23-11-13-24(14-12-23)36-18-21-6-4-5-19(2)17-21/h4-17,26,33H,3,18H2,1-2H3/b27-25+/t26-/m1/s1. The van der Waals surface area contributed by atoms with E-state index in [1.165, 1.54) is 16.2 Å². The number of benzene rings is 3. The number of aliphatic hydroxyl groups excluding tert-OH is 1. The molecule has 0 bridgehead atoms. The van der Waals surface area contributed by atoms with Gasteiger partial charge in [0, 0.05) is 17.1 Å². The maximum atomic E-state index is 13.2. The molecule has 0 aliphatic carbocycles. The van der Waals surface area contributed by atoms with Gasteiger partial charge < -0.3 is 9.84 Å². The third-order valence-electron chi connectivity index (χ3n) is 6.39. The van der Waals surface area contributed by atoms with E-state index in [0.29, 0.717) is 23.1 Å². The number of nitrogens with zero attached hydrogens (tertiary/aromatic N) is 2. The molecule has 3 aromatic carbocycles. The Kier molecular flexibility index (Phi) is 6.88. The smallest absolute Gasteiger partial charge is 0.301 e. The summed E-state index contributed by atoms with van der Waals surface area (Å²) in [6, 6.07) is 21.9. The minimum absolute atomic E-state index is 0.0397. The first-order valence-corrected chi connectivity index (χ1v) is 12.9. The van der Waals surface area contributed by atoms with Gasteiger partial charge in [0.2, 0.25) is 0 Å². The van der Waals surface area contributed by atoms with Gasteiger partial charge in [-0.2, -0.15) is 0 Å². The molecule has 0 spiro atoms. The number of aryl methyl sites for hydroxylation is 2. The molecule has 1 amide bonds. The lowest BCUT2D eigenvalue weighted by Gasteiger charge is -2.23. The fourth-order valence-corrected chi connectivity index (χ4v) is 5.12. The number of aliphatic hydroxyl groups is 1. The number of hydrogen-bond acceptors (Lipinski definition) is 6. The highest BCUT2D eigenvalue weighted by atomic mass is 32.1. The summed E-state index contributed by atoms with van der Waals surface area (Å²) in [7, 11) is 0. The minimum atomic E-state index is -0.783. The van der Waals surface area contributed by atoms with Gasteiger partial charge in [-0.05, 0) is 54.3 Å². The zero-order chi connectivity index (χ0) is 25.9. The number of rotatable bonds is 7. The molecule has 2 heterocycles. The van der Waals surface area contributed by atoms with E-state index >= 15 is 0 Å². The maximum absolute atomic E-state index is 13.2. The van der Waals surface area contributed by atoms with Crippen LogP contribution < -0.4 is 9.64 Å². The van der Waals surface area contributed by atoms with E-state index < -0.39 is 17.7 Å². The van der Waals surface area contributed by atoms with Crippen LogP contribution in [0.1, 0.15) is 40.8 Å². The van der Waals surface area contributed by atoms with E-state index in [-0.39, 0.29) is 11.3 Å². The van der Waals surface area contributed by atoms with E-state index in [2.05, 4.69) is 18.0 Å². The molecule has 37 heavy (non-hydrogen) atoms. The maximum Gasteiger partial charge on any atom is 0.301 e. The number of Topliss-reactive ketones (excluding diaryl/α,β-unsaturated/α-hetero) is 1. The predicted molar refractivity (Wildman–Crippen MR) is 145 cm³/mol. The number of carbonyl (C=O) groups is 2. The molecule has 186 valence electrons. The first kappa shape index (κ1) is 24.5. The molecule has 5 rings (SSSR count). The Hall–Kier alpha value is -4.23. The molecule has 1 N–H and O–H groups in total. The van der Waals surface area contributed by atoms with Crippen LogP contribution in [0.3, 0.4) is 0 Å². The average molecular weight is 511 g/mol. The molecular formula is C30H26N2O4S. The normalized spacial score (nSPS) is 16.8. The van der Waals surface area contributed by atoms with Gasteiger partial charge in [0.05, 0.1) is 11.6 Å². The van der Waals surface area contributed by atoms with Gasteiger partial charge in [0.25, 0.3) is 5.78 Å². The van der Waals surface area contributed by atoms with Crippen molar-refractivity contribution in [3.63, 3.8) is 0 Å². The number of hydrogen-bond donors (Lipinski definition) is 1. The van der Waals surface area contributed by atoms with Gasteiger partial charge in [-0.3, -0.25) is 14.5 Å². The Labute approximate surface area is 219 Å². The van der Waals surface area contributed by atoms with Crippen molar-refractivity contribution in [2.45, 2.75) is 32.9 Å².